The van der Waals surface area contributed by atoms with Crippen molar-refractivity contribution in [1.29, 1.82) is 0 Å². The van der Waals surface area contributed by atoms with Crippen LogP contribution < -0.4 is 5.43 Å². The average molecular weight is 407 g/mol. The molecule has 0 aliphatic carbocycles. The van der Waals surface area contributed by atoms with Crippen LogP contribution in [0.2, 0.25) is 0 Å². The minimum absolute atomic E-state index is 0.111. The highest BCUT2D eigenvalue weighted by Crippen LogP contribution is 2.17. The van der Waals surface area contributed by atoms with Crippen LogP contribution in [0.1, 0.15) is 44.7 Å². The van der Waals surface area contributed by atoms with Gasteiger partial charge in [-0.3, -0.25) is 9.59 Å². The molecule has 0 atom stereocenters. The number of allylic oxidation sites excluding steroid dienone is 1. The van der Waals surface area contributed by atoms with E-state index in [1.165, 1.54) is 6.20 Å². The number of aromatic nitrogens is 3. The summed E-state index contributed by atoms with van der Waals surface area (Å²) in [6, 6.07) is 5.15. The number of Topliss-reactive ketones (excluding diaryl/α,β-unsaturated/α-hetero) is 1. The molecule has 0 aromatic carbocycles. The Kier molecular flexibility index (Phi) is 6.01. The zero-order valence-corrected chi connectivity index (χ0v) is 17.7. The first-order valence-corrected chi connectivity index (χ1v) is 9.77. The van der Waals surface area contributed by atoms with E-state index in [0.29, 0.717) is 29.7 Å². The lowest BCUT2D eigenvalue weighted by atomic mass is 10.1. The van der Waals surface area contributed by atoms with Crippen LogP contribution in [0.4, 0.5) is 0 Å². The predicted molar refractivity (Wildman–Crippen MR) is 115 cm³/mol. The fourth-order valence-electron chi connectivity index (χ4n) is 3.53. The van der Waals surface area contributed by atoms with Gasteiger partial charge in [0.15, 0.2) is 6.61 Å². The molecule has 156 valence electrons. The summed E-state index contributed by atoms with van der Waals surface area (Å²) < 4.78 is 8.90. The molecule has 7 nitrogen and oxygen atoms in total. The van der Waals surface area contributed by atoms with Gasteiger partial charge in [-0.1, -0.05) is 6.08 Å². The molecular formula is C23H25N3O4. The summed E-state index contributed by atoms with van der Waals surface area (Å²) in [5.74, 6) is -1.14. The number of carbonyl (C=O) groups excluding carboxylic acids is 2. The van der Waals surface area contributed by atoms with E-state index in [4.69, 9.17) is 4.74 Å². The third-order valence-electron chi connectivity index (χ3n) is 5.14. The molecule has 0 spiro atoms. The van der Waals surface area contributed by atoms with Crippen molar-refractivity contribution in [1.82, 2.24) is 14.1 Å². The summed E-state index contributed by atoms with van der Waals surface area (Å²) in [5.41, 5.74) is 2.93. The van der Waals surface area contributed by atoms with Gasteiger partial charge in [0.05, 0.1) is 5.39 Å². The molecule has 0 radical (unpaired) electrons. The Morgan fingerprint density at radius 2 is 1.93 bits per heavy atom. The molecule has 0 saturated heterocycles. The Hall–Kier alpha value is -3.48. The second-order valence-electron chi connectivity index (χ2n) is 7.17. The van der Waals surface area contributed by atoms with Crippen molar-refractivity contribution in [2.75, 3.05) is 6.61 Å². The predicted octanol–water partition coefficient (Wildman–Crippen LogP) is 3.37. The lowest BCUT2D eigenvalue weighted by molar-refractivity contribution is 0.0472. The summed E-state index contributed by atoms with van der Waals surface area (Å²) >= 11 is 0. The third-order valence-corrected chi connectivity index (χ3v) is 5.14. The van der Waals surface area contributed by atoms with Crippen molar-refractivity contribution >= 4 is 22.8 Å². The zero-order chi connectivity index (χ0) is 22.0. The molecule has 30 heavy (non-hydrogen) atoms. The van der Waals surface area contributed by atoms with Crippen LogP contribution in [0, 0.1) is 20.8 Å². The number of fused-ring (bicyclic) bond motifs is 1. The number of hydrogen-bond acceptors (Lipinski definition) is 5. The first kappa shape index (κ1) is 21.2. The molecule has 0 aliphatic heterocycles. The fraction of sp³-hybridized carbons (Fsp3) is 0.304. The van der Waals surface area contributed by atoms with Gasteiger partial charge in [-0.25, -0.2) is 9.78 Å². The van der Waals surface area contributed by atoms with E-state index in [0.717, 1.165) is 17.1 Å². The number of carbonyl (C=O) groups is 2. The molecule has 0 N–H and O–H groups in total. The van der Waals surface area contributed by atoms with E-state index in [-0.39, 0.29) is 11.3 Å². The number of nitrogens with zero attached hydrogens (tertiary/aromatic N) is 3. The molecule has 3 rings (SSSR count). The Balaban J connectivity index is 1.86. The van der Waals surface area contributed by atoms with Crippen molar-refractivity contribution in [2.24, 2.45) is 0 Å². The summed E-state index contributed by atoms with van der Waals surface area (Å²) in [4.78, 5) is 42.4. The average Bonchev–Trinajstić information content (AvgIpc) is 3.00. The number of esters is 1. The van der Waals surface area contributed by atoms with Gasteiger partial charge in [-0.15, -0.1) is 6.58 Å². The number of pyridine rings is 2. The normalized spacial score (nSPS) is 10.9. The molecular weight excluding hydrogens is 382 g/mol. The maximum atomic E-state index is 12.8. The molecule has 3 heterocycles. The molecule has 0 fully saturated rings. The van der Waals surface area contributed by atoms with E-state index in [1.54, 1.807) is 28.8 Å². The maximum absolute atomic E-state index is 12.8. The highest BCUT2D eigenvalue weighted by Gasteiger charge is 2.20. The van der Waals surface area contributed by atoms with Gasteiger partial charge >= 0.3 is 5.97 Å². The largest absolute Gasteiger partial charge is 0.454 e. The van der Waals surface area contributed by atoms with Crippen LogP contribution in [-0.4, -0.2) is 32.5 Å². The Morgan fingerprint density at radius 1 is 1.20 bits per heavy atom. The highest BCUT2D eigenvalue weighted by atomic mass is 16.5. The van der Waals surface area contributed by atoms with Gasteiger partial charge in [-0.2, -0.15) is 0 Å². The molecule has 0 unspecified atom stereocenters. The molecule has 3 aromatic rings. The van der Waals surface area contributed by atoms with E-state index in [1.807, 2.05) is 32.3 Å². The second kappa shape index (κ2) is 8.49. The van der Waals surface area contributed by atoms with Gasteiger partial charge in [0.2, 0.25) is 11.2 Å². The van der Waals surface area contributed by atoms with E-state index in [9.17, 15) is 14.4 Å². The number of hydrogen-bond donors (Lipinski definition) is 0. The minimum Gasteiger partial charge on any atom is -0.454 e. The third kappa shape index (κ3) is 3.83. The van der Waals surface area contributed by atoms with Crippen molar-refractivity contribution in [3.63, 3.8) is 0 Å². The summed E-state index contributed by atoms with van der Waals surface area (Å²) in [5, 5.41) is 0.344. The van der Waals surface area contributed by atoms with Gasteiger partial charge in [0.25, 0.3) is 0 Å². The Labute approximate surface area is 174 Å². The van der Waals surface area contributed by atoms with Crippen LogP contribution in [-0.2, 0) is 17.8 Å². The van der Waals surface area contributed by atoms with E-state index >= 15 is 0 Å². The first-order chi connectivity index (χ1) is 14.3. The molecule has 0 aliphatic rings. The summed E-state index contributed by atoms with van der Waals surface area (Å²) in [6.45, 7) is 11.9. The van der Waals surface area contributed by atoms with Crippen LogP contribution in [0.25, 0.3) is 11.0 Å². The Bertz CT molecular complexity index is 1220. The highest BCUT2D eigenvalue weighted by molar-refractivity contribution is 6.01. The monoisotopic (exact) mass is 407 g/mol. The zero-order valence-electron chi connectivity index (χ0n) is 17.7. The fourth-order valence-corrected chi connectivity index (χ4v) is 3.53. The second-order valence-corrected chi connectivity index (χ2v) is 7.17. The lowest BCUT2D eigenvalue weighted by Gasteiger charge is -2.11. The maximum Gasteiger partial charge on any atom is 0.344 e. The SMILES string of the molecule is C=CCn1c(C)cc(C(=O)COC(=O)c2cn(CC)c3nc(C)ccc3c2=O)c1C. The first-order valence-electron chi connectivity index (χ1n) is 9.77. The smallest absolute Gasteiger partial charge is 0.344 e. The number of ketones is 1. The number of rotatable bonds is 7. The summed E-state index contributed by atoms with van der Waals surface area (Å²) in [6.07, 6.45) is 3.20. The van der Waals surface area contributed by atoms with Crippen molar-refractivity contribution in [3.8, 4) is 0 Å². The Morgan fingerprint density at radius 3 is 2.60 bits per heavy atom. The van der Waals surface area contributed by atoms with Gasteiger partial charge < -0.3 is 13.9 Å². The molecule has 3 aromatic heterocycles. The number of ether oxygens (including phenoxy) is 1. The van der Waals surface area contributed by atoms with Crippen LogP contribution >= 0.6 is 0 Å². The standard InChI is InChI=1S/C23H25N3O4/c1-6-10-26-15(4)11-18(16(26)5)20(27)13-30-23(29)19-12-25(7-2)22-17(21(19)28)9-8-14(3)24-22/h6,8-9,11-12H,1,7,10,13H2,2-5H3. The summed E-state index contributed by atoms with van der Waals surface area (Å²) in [7, 11) is 0. The lowest BCUT2D eigenvalue weighted by Crippen LogP contribution is -2.23. The minimum atomic E-state index is -0.821. The molecule has 7 heteroatoms. The van der Waals surface area contributed by atoms with E-state index in [2.05, 4.69) is 11.6 Å². The van der Waals surface area contributed by atoms with Crippen molar-refractivity contribution < 1.29 is 14.3 Å². The van der Waals surface area contributed by atoms with Crippen molar-refractivity contribution in [3.05, 3.63) is 75.5 Å². The quantitative estimate of drug-likeness (QED) is 0.341. The molecule has 0 bridgehead atoms. The molecule has 0 saturated carbocycles. The van der Waals surface area contributed by atoms with Gasteiger partial charge in [0.1, 0.15) is 11.2 Å². The van der Waals surface area contributed by atoms with Crippen molar-refractivity contribution in [2.45, 2.75) is 40.8 Å². The number of aryl methyl sites for hydroxylation is 3. The van der Waals surface area contributed by atoms with Crippen LogP contribution in [0.3, 0.4) is 0 Å². The topological polar surface area (TPSA) is 83.2 Å². The van der Waals surface area contributed by atoms with Crippen LogP contribution in [0.15, 0.2) is 41.8 Å². The van der Waals surface area contributed by atoms with Crippen LogP contribution in [0.5, 0.6) is 0 Å². The van der Waals surface area contributed by atoms with Gasteiger partial charge in [-0.05, 0) is 45.9 Å². The van der Waals surface area contributed by atoms with E-state index < -0.39 is 18.0 Å². The van der Waals surface area contributed by atoms with Gasteiger partial charge in [0, 0.05) is 41.9 Å². The molecule has 0 amide bonds.